The number of hydrogen-bond acceptors (Lipinski definition) is 6. The highest BCUT2D eigenvalue weighted by Gasteiger charge is 2.28. The molecule has 0 bridgehead atoms. The molecule has 1 amide bonds. The Bertz CT molecular complexity index is 656. The third-order valence-corrected chi connectivity index (χ3v) is 4.09. The molecule has 1 aromatic carbocycles. The van der Waals surface area contributed by atoms with E-state index in [1.54, 1.807) is 13.8 Å². The third-order valence-electron chi connectivity index (χ3n) is 3.23. The number of nitrogens with zero attached hydrogens (tertiary/aromatic N) is 1. The maximum absolute atomic E-state index is 11.8. The van der Waals surface area contributed by atoms with Crippen molar-refractivity contribution in [2.24, 2.45) is 10.7 Å². The van der Waals surface area contributed by atoms with Gasteiger partial charge in [-0.1, -0.05) is 42.1 Å². The van der Waals surface area contributed by atoms with E-state index < -0.39 is 11.9 Å². The van der Waals surface area contributed by atoms with Crippen molar-refractivity contribution in [3.05, 3.63) is 47.2 Å². The van der Waals surface area contributed by atoms with Gasteiger partial charge in [-0.3, -0.25) is 9.59 Å². The Kier molecular flexibility index (Phi) is 5.81. The lowest BCUT2D eigenvalue weighted by molar-refractivity contribution is -0.139. The zero-order chi connectivity index (χ0) is 16.8. The number of esters is 1. The highest BCUT2D eigenvalue weighted by Crippen LogP contribution is 2.31. The van der Waals surface area contributed by atoms with Gasteiger partial charge in [-0.15, -0.1) is 0 Å². The Hall–Kier alpha value is -2.28. The summed E-state index contributed by atoms with van der Waals surface area (Å²) in [6.45, 7) is 3.88. The van der Waals surface area contributed by atoms with Crippen molar-refractivity contribution >= 4 is 28.8 Å². The Balaban J connectivity index is 2.24. The summed E-state index contributed by atoms with van der Waals surface area (Å²) in [5, 5.41) is 3.59. The van der Waals surface area contributed by atoms with Crippen molar-refractivity contribution in [3.8, 4) is 0 Å². The summed E-state index contributed by atoms with van der Waals surface area (Å²) >= 11 is 1.24. The minimum absolute atomic E-state index is 0.153. The number of primary amides is 1. The van der Waals surface area contributed by atoms with Gasteiger partial charge in [0.1, 0.15) is 6.04 Å². The van der Waals surface area contributed by atoms with Crippen LogP contribution in [-0.4, -0.2) is 29.4 Å². The van der Waals surface area contributed by atoms with E-state index in [-0.39, 0.29) is 11.7 Å². The quantitative estimate of drug-likeness (QED) is 0.801. The number of hydrogen-bond donors (Lipinski definition) is 2. The normalized spacial score (nSPS) is 17.3. The molecule has 0 spiro atoms. The van der Waals surface area contributed by atoms with Crippen LogP contribution >= 0.6 is 11.8 Å². The molecule has 7 heteroatoms. The van der Waals surface area contributed by atoms with Crippen molar-refractivity contribution in [2.75, 3.05) is 12.4 Å². The predicted molar refractivity (Wildman–Crippen MR) is 90.7 cm³/mol. The number of rotatable bonds is 5. The van der Waals surface area contributed by atoms with Crippen LogP contribution in [-0.2, 0) is 14.3 Å². The van der Waals surface area contributed by atoms with Gasteiger partial charge in [0.05, 0.1) is 17.9 Å². The predicted octanol–water partition coefficient (Wildman–Crippen LogP) is 1.74. The van der Waals surface area contributed by atoms with Gasteiger partial charge in [-0.05, 0) is 19.4 Å². The topological polar surface area (TPSA) is 93.8 Å². The van der Waals surface area contributed by atoms with E-state index >= 15 is 0 Å². The summed E-state index contributed by atoms with van der Waals surface area (Å²) in [7, 11) is 0. The number of thioether (sulfide) groups is 1. The lowest BCUT2D eigenvalue weighted by atomic mass is 9.96. The molecule has 1 aromatic rings. The van der Waals surface area contributed by atoms with Gasteiger partial charge in [0.25, 0.3) is 0 Å². The number of carbonyl (C=O) groups is 2. The largest absolute Gasteiger partial charge is 0.465 e. The number of amides is 1. The van der Waals surface area contributed by atoms with Crippen LogP contribution in [0.4, 0.5) is 0 Å². The van der Waals surface area contributed by atoms with Crippen molar-refractivity contribution in [1.82, 2.24) is 5.32 Å². The van der Waals surface area contributed by atoms with E-state index in [0.717, 1.165) is 5.56 Å². The maximum Gasteiger partial charge on any atom is 0.316 e. The fraction of sp³-hybridized carbons (Fsp3) is 0.312. The highest BCUT2D eigenvalue weighted by atomic mass is 32.2. The van der Waals surface area contributed by atoms with Crippen LogP contribution < -0.4 is 11.1 Å². The molecular weight excluding hydrogens is 314 g/mol. The van der Waals surface area contributed by atoms with E-state index in [4.69, 9.17) is 10.5 Å². The summed E-state index contributed by atoms with van der Waals surface area (Å²) in [5.41, 5.74) is 7.45. The van der Waals surface area contributed by atoms with Crippen molar-refractivity contribution < 1.29 is 14.3 Å². The van der Waals surface area contributed by atoms with Gasteiger partial charge < -0.3 is 15.8 Å². The van der Waals surface area contributed by atoms with Crippen molar-refractivity contribution in [2.45, 2.75) is 19.9 Å². The number of nitrogens with two attached hydrogens (primary N) is 1. The second-order valence-electron chi connectivity index (χ2n) is 4.87. The molecule has 0 radical (unpaired) electrons. The zero-order valence-electron chi connectivity index (χ0n) is 13.0. The first-order valence-corrected chi connectivity index (χ1v) is 8.20. The Labute approximate surface area is 139 Å². The fourth-order valence-corrected chi connectivity index (χ4v) is 2.99. The number of ether oxygens (including phenoxy) is 1. The van der Waals surface area contributed by atoms with E-state index in [1.165, 1.54) is 11.8 Å². The Morgan fingerprint density at radius 3 is 2.65 bits per heavy atom. The molecule has 1 aliphatic heterocycles. The van der Waals surface area contributed by atoms with Gasteiger partial charge in [-0.25, -0.2) is 4.99 Å². The zero-order valence-corrected chi connectivity index (χ0v) is 13.9. The maximum atomic E-state index is 11.8. The SMILES string of the molecule is CCOC(=O)CSC1=N[C@H](c2ccccc2)C(C(N)=O)=C(C)N1. The van der Waals surface area contributed by atoms with E-state index in [1.807, 2.05) is 30.3 Å². The number of amidine groups is 1. The smallest absolute Gasteiger partial charge is 0.316 e. The molecule has 1 aliphatic rings. The van der Waals surface area contributed by atoms with Crippen LogP contribution in [0.2, 0.25) is 0 Å². The van der Waals surface area contributed by atoms with E-state index in [9.17, 15) is 9.59 Å². The van der Waals surface area contributed by atoms with Crippen LogP contribution in [0.25, 0.3) is 0 Å². The molecule has 2 rings (SSSR count). The van der Waals surface area contributed by atoms with Gasteiger partial charge in [0.15, 0.2) is 5.17 Å². The summed E-state index contributed by atoms with van der Waals surface area (Å²) in [6.07, 6.45) is 0. The molecule has 3 N–H and O–H groups in total. The van der Waals surface area contributed by atoms with E-state index in [2.05, 4.69) is 10.3 Å². The van der Waals surface area contributed by atoms with Crippen LogP contribution in [0.3, 0.4) is 0 Å². The van der Waals surface area contributed by atoms with Crippen LogP contribution in [0.5, 0.6) is 0 Å². The summed E-state index contributed by atoms with van der Waals surface area (Å²) < 4.78 is 4.90. The lowest BCUT2D eigenvalue weighted by Crippen LogP contribution is -2.32. The molecule has 23 heavy (non-hydrogen) atoms. The number of allylic oxidation sites excluding steroid dienone is 1. The molecule has 0 aliphatic carbocycles. The number of nitrogens with one attached hydrogen (secondary N) is 1. The third kappa shape index (κ3) is 4.35. The van der Waals surface area contributed by atoms with Gasteiger partial charge >= 0.3 is 5.97 Å². The van der Waals surface area contributed by atoms with Crippen molar-refractivity contribution in [3.63, 3.8) is 0 Å². The molecule has 122 valence electrons. The number of aliphatic imine (C=N–C) groups is 1. The molecule has 1 heterocycles. The average Bonchev–Trinajstić information content (AvgIpc) is 2.53. The van der Waals surface area contributed by atoms with Crippen LogP contribution in [0.15, 0.2) is 46.6 Å². The summed E-state index contributed by atoms with van der Waals surface area (Å²) in [4.78, 5) is 27.8. The fourth-order valence-electron chi connectivity index (χ4n) is 2.25. The first-order valence-electron chi connectivity index (χ1n) is 7.21. The molecule has 0 aromatic heterocycles. The van der Waals surface area contributed by atoms with Gasteiger partial charge in [0, 0.05) is 5.70 Å². The Morgan fingerprint density at radius 1 is 1.35 bits per heavy atom. The standard InChI is InChI=1S/C16H19N3O3S/c1-3-22-12(20)9-23-16-18-10(2)13(15(17)21)14(19-16)11-7-5-4-6-8-11/h4-8,14H,3,9H2,1-2H3,(H2,17,21)(H,18,19)/t14-/m1/s1. The van der Waals surface area contributed by atoms with E-state index in [0.29, 0.717) is 23.0 Å². The lowest BCUT2D eigenvalue weighted by Gasteiger charge is -2.25. The minimum Gasteiger partial charge on any atom is -0.465 e. The average molecular weight is 333 g/mol. The molecule has 0 saturated heterocycles. The van der Waals surface area contributed by atoms with Crippen LogP contribution in [0, 0.1) is 0 Å². The van der Waals surface area contributed by atoms with Gasteiger partial charge in [-0.2, -0.15) is 0 Å². The summed E-state index contributed by atoms with van der Waals surface area (Å²) in [6, 6.07) is 8.97. The number of benzene rings is 1. The molecule has 0 fully saturated rings. The molecule has 1 atom stereocenters. The first-order chi connectivity index (χ1) is 11.0. The minimum atomic E-state index is -0.512. The first kappa shape index (κ1) is 17.1. The molecular formula is C16H19N3O3S. The second kappa shape index (κ2) is 7.82. The highest BCUT2D eigenvalue weighted by molar-refractivity contribution is 8.14. The monoisotopic (exact) mass is 333 g/mol. The Morgan fingerprint density at radius 2 is 2.04 bits per heavy atom. The summed E-state index contributed by atoms with van der Waals surface area (Å²) in [5.74, 6) is -0.664. The second-order valence-corrected chi connectivity index (χ2v) is 5.83. The number of carbonyl (C=O) groups excluding carboxylic acids is 2. The molecule has 6 nitrogen and oxygen atoms in total. The van der Waals surface area contributed by atoms with Crippen molar-refractivity contribution in [1.29, 1.82) is 0 Å². The van der Waals surface area contributed by atoms with Crippen LogP contribution in [0.1, 0.15) is 25.5 Å². The molecule has 0 saturated carbocycles. The molecule has 0 unspecified atom stereocenters. The van der Waals surface area contributed by atoms with Gasteiger partial charge in [0.2, 0.25) is 5.91 Å².